The Morgan fingerprint density at radius 3 is 0.881 bits per heavy atom. The first-order chi connectivity index (χ1) is 70.0. The minimum absolute atomic E-state index is 0.115. The first kappa shape index (κ1) is 86.8. The highest BCUT2D eigenvalue weighted by Crippen LogP contribution is 2.51. The van der Waals surface area contributed by atoms with Gasteiger partial charge >= 0.3 is 0 Å². The molecule has 143 heavy (non-hydrogen) atoms. The summed E-state index contributed by atoms with van der Waals surface area (Å²) in [6.07, 6.45) is 16.3. The van der Waals surface area contributed by atoms with E-state index in [2.05, 4.69) is 176 Å². The number of fused-ring (bicyclic) bond motifs is 19. The molecular formula is C118H74N14O11. The average molecular weight is 1860 g/mol. The molecule has 0 fully saturated rings. The zero-order valence-corrected chi connectivity index (χ0v) is 75.4. The van der Waals surface area contributed by atoms with Gasteiger partial charge in [0, 0.05) is 128 Å². The fourth-order valence-electron chi connectivity index (χ4n) is 19.0. The van der Waals surface area contributed by atoms with Gasteiger partial charge in [0.15, 0.2) is 5.78 Å². The monoisotopic (exact) mass is 1860 g/mol. The average Bonchev–Trinajstić information content (AvgIpc) is 1.57. The normalized spacial score (nSPS) is 11.9. The Labute approximate surface area is 813 Å². The van der Waals surface area contributed by atoms with Gasteiger partial charge in [-0.15, -0.1) is 0 Å². The summed E-state index contributed by atoms with van der Waals surface area (Å²) in [5, 5.41) is 42.8. The first-order valence-corrected chi connectivity index (χ1v) is 45.8. The van der Waals surface area contributed by atoms with Crippen molar-refractivity contribution in [2.24, 2.45) is 0 Å². The maximum atomic E-state index is 15.5. The lowest BCUT2D eigenvalue weighted by Crippen LogP contribution is -2.19. The van der Waals surface area contributed by atoms with E-state index in [9.17, 15) is 35.1 Å². The molecule has 0 saturated carbocycles. The molecule has 7 aromatic heterocycles. The van der Waals surface area contributed by atoms with E-state index in [1.165, 1.54) is 18.2 Å². The number of hydrogen-bond donors (Lipinski definition) is 6. The highest BCUT2D eigenvalue weighted by atomic mass is 16.6. The lowest BCUT2D eigenvalue weighted by molar-refractivity contribution is -0.394. The van der Waals surface area contributed by atoms with Crippen molar-refractivity contribution in [3.05, 3.63) is 449 Å². The van der Waals surface area contributed by atoms with Gasteiger partial charge in [0.1, 0.15) is 36.1 Å². The highest BCUT2D eigenvalue weighted by molar-refractivity contribution is 6.25. The van der Waals surface area contributed by atoms with Crippen LogP contribution in [0.4, 0.5) is 28.4 Å². The Balaban J connectivity index is 0.610. The first-order valence-electron chi connectivity index (χ1n) is 45.8. The number of amides is 2. The number of ether oxygens (including phenoxy) is 2. The zero-order chi connectivity index (χ0) is 96.9. The molecule has 25 heteroatoms. The maximum Gasteiger partial charge on any atom is 0.285 e. The third-order valence-corrected chi connectivity index (χ3v) is 25.4. The topological polar surface area (TPSA) is 351 Å². The summed E-state index contributed by atoms with van der Waals surface area (Å²) in [5.74, 6) is 4.38. The molecule has 0 unspecified atom stereocenters. The molecule has 682 valence electrons. The summed E-state index contributed by atoms with van der Waals surface area (Å²) in [6, 6.07) is 106. The fraction of sp³-hybridized carbons (Fsp3) is 0.0169. The molecule has 25 nitrogen and oxygen atoms in total. The van der Waals surface area contributed by atoms with Crippen molar-refractivity contribution in [1.29, 1.82) is 0 Å². The second-order valence-electron chi connectivity index (χ2n) is 34.2. The van der Waals surface area contributed by atoms with Crippen LogP contribution >= 0.6 is 0 Å². The number of nitro benzene ring substituents is 3. The number of nitro groups is 3. The number of nitrogens with one attached hydrogen (secondary N) is 6. The van der Waals surface area contributed by atoms with Gasteiger partial charge in [0.2, 0.25) is 0 Å². The SMILES string of the molecule is O=C(Nc1cccc(-c2c3nc(c(-c4ccccc4)c4ccc([nH]4)c(-c4ccccc4)c4nc(c(-c5ccccc5)c5ccc2[nH]5)C=C4)C=C3)c1)c1cc(C#Cc2ccc(OCCOc3cc4c(c([N+](=O)[O-])c3)-c3c(cc([N+](=O)[O-])cc3[N+](=O)[O-])C4=O)cc2)cc(C(=O)Nc2cccc(-c3c4nc(c(-c5ccccc5)c5ccc([nH]5)c(-c5ccccc5)c5nc(c(-c6ccccc6)c6ccc3[nH]6)C=C5)C=C4)c2)n1. The molecule has 0 saturated heterocycles. The lowest BCUT2D eigenvalue weighted by Gasteiger charge is -2.11. The number of hydrogen-bond acceptors (Lipinski definition) is 16. The van der Waals surface area contributed by atoms with Crippen LogP contribution < -0.4 is 20.1 Å². The molecule has 0 radical (unpaired) electrons. The number of carbonyl (C=O) groups is 3. The van der Waals surface area contributed by atoms with E-state index in [-0.39, 0.29) is 47.0 Å². The van der Waals surface area contributed by atoms with Crippen molar-refractivity contribution in [3.8, 4) is 123 Å². The van der Waals surface area contributed by atoms with Crippen molar-refractivity contribution in [2.45, 2.75) is 0 Å². The number of H-pyrrole nitrogens is 4. The number of ketones is 1. The molecule has 23 rings (SSSR count). The maximum absolute atomic E-state index is 15.5. The summed E-state index contributed by atoms with van der Waals surface area (Å²) in [4.78, 5) is 121. The smallest absolute Gasteiger partial charge is 0.285 e. The van der Waals surface area contributed by atoms with Crippen molar-refractivity contribution in [1.82, 2.24) is 44.9 Å². The second-order valence-corrected chi connectivity index (χ2v) is 34.2. The van der Waals surface area contributed by atoms with Crippen LogP contribution in [0.5, 0.6) is 11.5 Å². The molecule has 0 spiro atoms. The quantitative estimate of drug-likeness (QED) is 0.0179. The van der Waals surface area contributed by atoms with Gasteiger partial charge in [-0.2, -0.15) is 0 Å². The summed E-state index contributed by atoms with van der Waals surface area (Å²) >= 11 is 0. The van der Waals surface area contributed by atoms with Crippen LogP contribution in [0.1, 0.15) is 93.6 Å². The predicted octanol–water partition coefficient (Wildman–Crippen LogP) is 26.7. The number of anilines is 2. The number of aromatic nitrogens is 9. The van der Waals surface area contributed by atoms with Gasteiger partial charge in [0.05, 0.1) is 83.6 Å². The number of aromatic amines is 4. The molecule has 0 atom stereocenters. The number of non-ortho nitro benzene ring substituents is 1. The number of nitrogens with zero attached hydrogens (tertiary/aromatic N) is 8. The van der Waals surface area contributed by atoms with Crippen molar-refractivity contribution >= 4 is 139 Å². The Bertz CT molecular complexity index is 8520. The van der Waals surface area contributed by atoms with E-state index < -0.39 is 60.6 Å². The minimum Gasteiger partial charge on any atom is -0.490 e. The molecule has 2 amide bonds. The Morgan fingerprint density at radius 1 is 0.280 bits per heavy atom. The molecule has 6 N–H and O–H groups in total. The van der Waals surface area contributed by atoms with Gasteiger partial charge < -0.3 is 40.0 Å². The van der Waals surface area contributed by atoms with Crippen LogP contribution in [0, 0.1) is 42.2 Å². The van der Waals surface area contributed by atoms with E-state index >= 15 is 9.59 Å². The van der Waals surface area contributed by atoms with Gasteiger partial charge in [-0.3, -0.25) is 44.7 Å². The van der Waals surface area contributed by atoms with Crippen LogP contribution in [0.25, 0.3) is 193 Å². The molecule has 18 aromatic rings. The van der Waals surface area contributed by atoms with E-state index in [0.717, 1.165) is 146 Å². The number of benzene rings is 11. The standard InChI is InChI=1S/C118H74N14O11/c133-116-84-65-81(130(136)137)66-104(131(138)139)114(84)115-85(116)67-83(68-105(115)132(140)141)143-60-59-142-82-41-39-69(40-42-82)37-38-70-61-102(117(134)119-79-35-19-33-77(63-79)112-98-55-51-94(125-98)108(73-25-11-3-12-26-73)90-47-43-86(121-90)106(71-21-7-1-8-22-71)87-44-48-91(122-87)109(74-27-13-4-14-28-74)95-52-56-99(112)126-95)129-103(62-70)118(135)120-80-36-20-34-78(64-80)113-100-57-53-96(127-100)110(75-29-15-5-16-30-75)92-49-45-88(123-92)107(72-23-9-2-10-24-72)89-46-50-93(124-89)111(76-31-17-6-18-32-76)97-54-58-101(113)128-97/h1-36,39-58,61-68,121,123,126,128H,59-60H2,(H,119,134)(H,120,135). The van der Waals surface area contributed by atoms with Crippen LogP contribution in [0.2, 0.25) is 0 Å². The van der Waals surface area contributed by atoms with Crippen molar-refractivity contribution in [3.63, 3.8) is 0 Å². The number of pyridine rings is 1. The Morgan fingerprint density at radius 2 is 0.566 bits per heavy atom. The molecule has 16 bridgehead atoms. The Kier molecular flexibility index (Phi) is 22.3. The predicted molar refractivity (Wildman–Crippen MR) is 560 cm³/mol. The molecule has 4 aliphatic heterocycles. The van der Waals surface area contributed by atoms with Crippen LogP contribution in [-0.2, 0) is 0 Å². The molecule has 5 aliphatic rings. The summed E-state index contributed by atoms with van der Waals surface area (Å²) in [5.41, 5.74) is 23.4. The van der Waals surface area contributed by atoms with Gasteiger partial charge in [-0.05, 0) is 208 Å². The molecular weight excluding hydrogens is 1790 g/mol. The third kappa shape index (κ3) is 16.9. The van der Waals surface area contributed by atoms with Crippen molar-refractivity contribution in [2.75, 3.05) is 23.8 Å². The zero-order valence-electron chi connectivity index (χ0n) is 75.4. The number of carbonyl (C=O) groups excluding carboxylic acids is 3. The van der Waals surface area contributed by atoms with Gasteiger partial charge in [-0.1, -0.05) is 218 Å². The van der Waals surface area contributed by atoms with Crippen LogP contribution in [0.15, 0.2) is 340 Å². The lowest BCUT2D eigenvalue weighted by atomic mass is 10.0. The molecule has 11 aromatic carbocycles. The second kappa shape index (κ2) is 36.8. The summed E-state index contributed by atoms with van der Waals surface area (Å²) in [7, 11) is 0. The van der Waals surface area contributed by atoms with E-state index in [0.29, 0.717) is 73.8 Å². The van der Waals surface area contributed by atoms with E-state index in [1.807, 2.05) is 182 Å². The molecule has 1 aliphatic carbocycles. The largest absolute Gasteiger partial charge is 0.490 e. The van der Waals surface area contributed by atoms with E-state index in [4.69, 9.17) is 34.4 Å². The summed E-state index contributed by atoms with van der Waals surface area (Å²) < 4.78 is 11.9. The summed E-state index contributed by atoms with van der Waals surface area (Å²) in [6.45, 7) is -0.315. The molecule has 11 heterocycles. The Hall–Kier alpha value is -20.3. The minimum atomic E-state index is -0.930. The fourth-order valence-corrected chi connectivity index (χ4v) is 19.0. The third-order valence-electron chi connectivity index (χ3n) is 25.4. The van der Waals surface area contributed by atoms with Gasteiger partial charge in [-0.25, -0.2) is 24.9 Å². The van der Waals surface area contributed by atoms with Crippen LogP contribution in [-0.4, -0.2) is 90.4 Å². The van der Waals surface area contributed by atoms with Crippen LogP contribution in [0.3, 0.4) is 0 Å². The highest BCUT2D eigenvalue weighted by Gasteiger charge is 2.42. The van der Waals surface area contributed by atoms with Crippen molar-refractivity contribution < 1.29 is 38.6 Å². The van der Waals surface area contributed by atoms with E-state index in [1.54, 1.807) is 36.4 Å². The number of rotatable bonds is 20. The van der Waals surface area contributed by atoms with Gasteiger partial charge in [0.25, 0.3) is 28.9 Å².